The van der Waals surface area contributed by atoms with E-state index in [9.17, 15) is 0 Å². The molecule has 19 heavy (non-hydrogen) atoms. The highest BCUT2D eigenvalue weighted by atomic mass is 16.5. The average molecular weight is 264 g/mol. The summed E-state index contributed by atoms with van der Waals surface area (Å²) < 4.78 is 5.62. The number of nitrogens with zero attached hydrogens (tertiary/aromatic N) is 4. The number of rotatable bonds is 6. The summed E-state index contributed by atoms with van der Waals surface area (Å²) in [5, 5.41) is 0. The Bertz CT molecular complexity index is 430. The third kappa shape index (κ3) is 3.23. The average Bonchev–Trinajstić information content (AvgIpc) is 3.09. The van der Waals surface area contributed by atoms with Gasteiger partial charge in [0.15, 0.2) is 0 Å². The van der Waals surface area contributed by atoms with Crippen LogP contribution >= 0.6 is 0 Å². The van der Waals surface area contributed by atoms with Crippen molar-refractivity contribution in [2.24, 2.45) is 11.8 Å². The van der Waals surface area contributed by atoms with Gasteiger partial charge in [-0.2, -0.15) is 15.0 Å². The number of ether oxygens (including phenoxy) is 1. The smallest absolute Gasteiger partial charge is 0.323 e. The zero-order valence-electron chi connectivity index (χ0n) is 11.0. The van der Waals surface area contributed by atoms with Gasteiger partial charge in [0.2, 0.25) is 11.9 Å². The minimum atomic E-state index is 0.360. The molecule has 1 aromatic heterocycles. The van der Waals surface area contributed by atoms with Gasteiger partial charge in [-0.25, -0.2) is 5.84 Å². The Hall–Kier alpha value is -1.63. The van der Waals surface area contributed by atoms with Gasteiger partial charge in [0.05, 0.1) is 6.61 Å². The molecule has 0 radical (unpaired) electrons. The predicted octanol–water partition coefficient (Wildman–Crippen LogP) is 0.936. The van der Waals surface area contributed by atoms with Crippen LogP contribution in [0.4, 0.5) is 11.9 Å². The first-order valence-corrected chi connectivity index (χ1v) is 6.95. The molecule has 1 saturated carbocycles. The van der Waals surface area contributed by atoms with Crippen LogP contribution in [0.2, 0.25) is 0 Å². The molecule has 7 nitrogen and oxygen atoms in total. The zero-order valence-corrected chi connectivity index (χ0v) is 11.0. The molecule has 1 aliphatic carbocycles. The number of nitrogen functional groups attached to an aromatic ring is 1. The van der Waals surface area contributed by atoms with Crippen LogP contribution in [0.25, 0.3) is 0 Å². The number of aromatic nitrogens is 3. The predicted molar refractivity (Wildman–Crippen MR) is 71.9 cm³/mol. The fourth-order valence-corrected chi connectivity index (χ4v) is 2.26. The molecule has 2 fully saturated rings. The molecule has 0 spiro atoms. The Morgan fingerprint density at radius 2 is 2.00 bits per heavy atom. The zero-order chi connectivity index (χ0) is 13.1. The molecule has 0 atom stereocenters. The molecule has 3 rings (SSSR count). The Balaban J connectivity index is 1.67. The Kier molecular flexibility index (Phi) is 3.63. The van der Waals surface area contributed by atoms with Crippen molar-refractivity contribution in [1.82, 2.24) is 15.0 Å². The van der Waals surface area contributed by atoms with E-state index in [1.54, 1.807) is 0 Å². The molecule has 2 heterocycles. The monoisotopic (exact) mass is 264 g/mol. The molecule has 0 unspecified atom stereocenters. The third-order valence-electron chi connectivity index (χ3n) is 3.58. The molecule has 3 N–H and O–H groups in total. The minimum Gasteiger partial charge on any atom is -0.463 e. The molecule has 7 heteroatoms. The van der Waals surface area contributed by atoms with Crippen LogP contribution in [-0.2, 0) is 0 Å². The van der Waals surface area contributed by atoms with Crippen molar-refractivity contribution in [3.63, 3.8) is 0 Å². The number of hydrogen-bond donors (Lipinski definition) is 2. The topological polar surface area (TPSA) is 89.2 Å². The Morgan fingerprint density at radius 1 is 1.21 bits per heavy atom. The van der Waals surface area contributed by atoms with Crippen molar-refractivity contribution in [3.8, 4) is 6.01 Å². The van der Waals surface area contributed by atoms with Gasteiger partial charge in [0, 0.05) is 13.1 Å². The second-order valence-electron chi connectivity index (χ2n) is 5.16. The standard InChI is InChI=1S/C12H20N6O/c13-17-10-14-11(18-6-1-2-7-18)16-12(15-10)19-8-5-9-3-4-9/h9H,1-8,13H2,(H,14,15,16,17). The number of anilines is 2. The maximum Gasteiger partial charge on any atom is 0.323 e. The quantitative estimate of drug-likeness (QED) is 0.583. The number of nitrogens with one attached hydrogen (secondary N) is 1. The lowest BCUT2D eigenvalue weighted by Gasteiger charge is -2.16. The fraction of sp³-hybridized carbons (Fsp3) is 0.750. The lowest BCUT2D eigenvalue weighted by molar-refractivity contribution is 0.279. The van der Waals surface area contributed by atoms with Gasteiger partial charge in [0.1, 0.15) is 0 Å². The van der Waals surface area contributed by atoms with Crippen LogP contribution in [0.5, 0.6) is 6.01 Å². The highest BCUT2D eigenvalue weighted by molar-refractivity contribution is 5.38. The first-order valence-electron chi connectivity index (χ1n) is 6.95. The van der Waals surface area contributed by atoms with E-state index in [0.29, 0.717) is 24.5 Å². The van der Waals surface area contributed by atoms with E-state index in [1.807, 2.05) is 0 Å². The van der Waals surface area contributed by atoms with Crippen LogP contribution in [0.15, 0.2) is 0 Å². The van der Waals surface area contributed by atoms with Gasteiger partial charge in [0.25, 0.3) is 0 Å². The highest BCUT2D eigenvalue weighted by Gasteiger charge is 2.21. The summed E-state index contributed by atoms with van der Waals surface area (Å²) in [4.78, 5) is 14.9. The molecular formula is C12H20N6O. The van der Waals surface area contributed by atoms with Crippen LogP contribution in [-0.4, -0.2) is 34.6 Å². The lowest BCUT2D eigenvalue weighted by atomic mass is 10.3. The highest BCUT2D eigenvalue weighted by Crippen LogP contribution is 2.32. The summed E-state index contributed by atoms with van der Waals surface area (Å²) in [5.41, 5.74) is 2.47. The van der Waals surface area contributed by atoms with E-state index in [1.165, 1.54) is 25.7 Å². The minimum absolute atomic E-state index is 0.360. The van der Waals surface area contributed by atoms with Crippen LogP contribution < -0.4 is 20.9 Å². The molecule has 1 aromatic rings. The first-order chi connectivity index (χ1) is 9.35. The summed E-state index contributed by atoms with van der Waals surface area (Å²) in [6, 6.07) is 0.366. The van der Waals surface area contributed by atoms with Crippen molar-refractivity contribution in [1.29, 1.82) is 0 Å². The van der Waals surface area contributed by atoms with Gasteiger partial charge in [-0.1, -0.05) is 12.8 Å². The fourth-order valence-electron chi connectivity index (χ4n) is 2.26. The second kappa shape index (κ2) is 5.56. The van der Waals surface area contributed by atoms with E-state index in [4.69, 9.17) is 10.6 Å². The van der Waals surface area contributed by atoms with Crippen molar-refractivity contribution < 1.29 is 4.74 Å². The Labute approximate surface area is 112 Å². The summed E-state index contributed by atoms with van der Waals surface area (Å²) in [5.74, 6) is 7.25. The molecular weight excluding hydrogens is 244 g/mol. The summed E-state index contributed by atoms with van der Waals surface area (Å²) in [6.45, 7) is 2.63. The summed E-state index contributed by atoms with van der Waals surface area (Å²) in [6.07, 6.45) is 6.09. The van der Waals surface area contributed by atoms with Crippen molar-refractivity contribution in [2.75, 3.05) is 30.0 Å². The van der Waals surface area contributed by atoms with Gasteiger partial charge in [-0.15, -0.1) is 0 Å². The number of hydrazine groups is 1. The van der Waals surface area contributed by atoms with Crippen LogP contribution in [0, 0.1) is 5.92 Å². The maximum absolute atomic E-state index is 5.62. The molecule has 1 aliphatic heterocycles. The maximum atomic E-state index is 5.62. The summed E-state index contributed by atoms with van der Waals surface area (Å²) >= 11 is 0. The van der Waals surface area contributed by atoms with Gasteiger partial charge in [-0.3, -0.25) is 5.43 Å². The molecule has 0 amide bonds. The largest absolute Gasteiger partial charge is 0.463 e. The van der Waals surface area contributed by atoms with Crippen LogP contribution in [0.1, 0.15) is 32.1 Å². The molecule has 2 aliphatic rings. The van der Waals surface area contributed by atoms with Gasteiger partial charge < -0.3 is 9.64 Å². The van der Waals surface area contributed by atoms with E-state index >= 15 is 0 Å². The van der Waals surface area contributed by atoms with E-state index in [2.05, 4.69) is 25.3 Å². The van der Waals surface area contributed by atoms with Crippen molar-refractivity contribution in [3.05, 3.63) is 0 Å². The van der Waals surface area contributed by atoms with Crippen LogP contribution in [0.3, 0.4) is 0 Å². The summed E-state index contributed by atoms with van der Waals surface area (Å²) in [7, 11) is 0. The van der Waals surface area contributed by atoms with E-state index in [-0.39, 0.29) is 0 Å². The molecule has 0 aromatic carbocycles. The first kappa shape index (κ1) is 12.4. The number of hydrogen-bond acceptors (Lipinski definition) is 7. The third-order valence-corrected chi connectivity index (χ3v) is 3.58. The molecule has 1 saturated heterocycles. The second-order valence-corrected chi connectivity index (χ2v) is 5.16. The van der Waals surface area contributed by atoms with Crippen molar-refractivity contribution >= 4 is 11.9 Å². The van der Waals surface area contributed by atoms with E-state index < -0.39 is 0 Å². The lowest BCUT2D eigenvalue weighted by Crippen LogP contribution is -2.23. The molecule has 104 valence electrons. The molecule has 0 bridgehead atoms. The van der Waals surface area contributed by atoms with Gasteiger partial charge >= 0.3 is 6.01 Å². The number of nitrogens with two attached hydrogens (primary N) is 1. The van der Waals surface area contributed by atoms with E-state index in [0.717, 1.165) is 25.4 Å². The Morgan fingerprint density at radius 3 is 2.68 bits per heavy atom. The van der Waals surface area contributed by atoms with Crippen molar-refractivity contribution in [2.45, 2.75) is 32.1 Å². The van der Waals surface area contributed by atoms with Gasteiger partial charge in [-0.05, 0) is 25.2 Å². The SMILES string of the molecule is NNc1nc(OCCC2CC2)nc(N2CCCC2)n1. The normalized spacial score (nSPS) is 18.7.